The van der Waals surface area contributed by atoms with Crippen molar-refractivity contribution in [2.45, 2.75) is 40.0 Å². The lowest BCUT2D eigenvalue weighted by molar-refractivity contribution is 0.545. The molecule has 15 heavy (non-hydrogen) atoms. The molecule has 3 nitrogen and oxygen atoms in total. The number of rotatable bonds is 2. The Morgan fingerprint density at radius 3 is 2.33 bits per heavy atom. The molecule has 0 aliphatic rings. The van der Waals surface area contributed by atoms with Gasteiger partial charge in [-0.2, -0.15) is 0 Å². The molecule has 0 saturated heterocycles. The van der Waals surface area contributed by atoms with Gasteiger partial charge in [0.2, 0.25) is 0 Å². The molecular weight excluding hydrogens is 210 g/mol. The number of halogens is 1. The van der Waals surface area contributed by atoms with E-state index in [2.05, 4.69) is 36.1 Å². The molecule has 0 saturated carbocycles. The van der Waals surface area contributed by atoms with Crippen LogP contribution in [0.15, 0.2) is 0 Å². The largest absolute Gasteiger partial charge is 0.370 e. The van der Waals surface area contributed by atoms with Gasteiger partial charge in [0.1, 0.15) is 16.8 Å². The van der Waals surface area contributed by atoms with Crippen LogP contribution in [-0.2, 0) is 5.41 Å². The molecule has 0 radical (unpaired) electrons. The summed E-state index contributed by atoms with van der Waals surface area (Å²) in [4.78, 5) is 8.79. The van der Waals surface area contributed by atoms with Crippen LogP contribution in [0.25, 0.3) is 0 Å². The van der Waals surface area contributed by atoms with Gasteiger partial charge in [0.25, 0.3) is 0 Å². The SMILES string of the molecule is CCNc1nc(C(C)(C)C)nc(Cl)c1C. The molecule has 1 heterocycles. The van der Waals surface area contributed by atoms with Crippen LogP contribution in [0.3, 0.4) is 0 Å². The summed E-state index contributed by atoms with van der Waals surface area (Å²) in [5.41, 5.74) is 0.827. The molecule has 0 fully saturated rings. The number of nitrogens with zero attached hydrogens (tertiary/aromatic N) is 2. The van der Waals surface area contributed by atoms with E-state index in [1.165, 1.54) is 0 Å². The van der Waals surface area contributed by atoms with E-state index >= 15 is 0 Å². The van der Waals surface area contributed by atoms with E-state index in [0.29, 0.717) is 5.15 Å². The van der Waals surface area contributed by atoms with Gasteiger partial charge < -0.3 is 5.32 Å². The fraction of sp³-hybridized carbons (Fsp3) is 0.636. The first kappa shape index (κ1) is 12.2. The van der Waals surface area contributed by atoms with Crippen molar-refractivity contribution in [1.29, 1.82) is 0 Å². The van der Waals surface area contributed by atoms with Crippen LogP contribution in [0.5, 0.6) is 0 Å². The molecule has 4 heteroatoms. The maximum atomic E-state index is 6.07. The van der Waals surface area contributed by atoms with E-state index < -0.39 is 0 Å². The van der Waals surface area contributed by atoms with Crippen LogP contribution in [-0.4, -0.2) is 16.5 Å². The number of hydrogen-bond donors (Lipinski definition) is 1. The van der Waals surface area contributed by atoms with E-state index in [-0.39, 0.29) is 5.41 Å². The molecule has 0 atom stereocenters. The summed E-state index contributed by atoms with van der Waals surface area (Å²) in [6, 6.07) is 0. The maximum Gasteiger partial charge on any atom is 0.137 e. The summed E-state index contributed by atoms with van der Waals surface area (Å²) < 4.78 is 0. The Balaban J connectivity index is 3.23. The first-order chi connectivity index (χ1) is 6.86. The Bertz CT molecular complexity index is 356. The van der Waals surface area contributed by atoms with Gasteiger partial charge in [0.05, 0.1) is 0 Å². The Morgan fingerprint density at radius 1 is 1.27 bits per heavy atom. The van der Waals surface area contributed by atoms with Crippen molar-refractivity contribution in [3.8, 4) is 0 Å². The second-order valence-corrected chi connectivity index (χ2v) is 4.95. The summed E-state index contributed by atoms with van der Waals surface area (Å²) >= 11 is 6.07. The van der Waals surface area contributed by atoms with E-state index in [1.807, 2.05) is 13.8 Å². The van der Waals surface area contributed by atoms with E-state index in [9.17, 15) is 0 Å². The van der Waals surface area contributed by atoms with Crippen molar-refractivity contribution in [2.75, 3.05) is 11.9 Å². The van der Waals surface area contributed by atoms with E-state index in [1.54, 1.807) is 0 Å². The van der Waals surface area contributed by atoms with Gasteiger partial charge in [0, 0.05) is 17.5 Å². The Hall–Kier alpha value is -0.830. The van der Waals surface area contributed by atoms with Gasteiger partial charge in [-0.25, -0.2) is 9.97 Å². The topological polar surface area (TPSA) is 37.8 Å². The first-order valence-corrected chi connectivity index (χ1v) is 5.52. The lowest BCUT2D eigenvalue weighted by atomic mass is 9.95. The van der Waals surface area contributed by atoms with Gasteiger partial charge in [0.15, 0.2) is 0 Å². The highest BCUT2D eigenvalue weighted by molar-refractivity contribution is 6.30. The molecule has 0 unspecified atom stereocenters. The normalized spacial score (nSPS) is 11.6. The minimum atomic E-state index is -0.0818. The van der Waals surface area contributed by atoms with E-state index in [0.717, 1.165) is 23.8 Å². The molecule has 84 valence electrons. The third-order valence-corrected chi connectivity index (χ3v) is 2.47. The molecule has 0 aliphatic carbocycles. The molecule has 0 aliphatic heterocycles. The predicted octanol–water partition coefficient (Wildman–Crippen LogP) is 3.17. The van der Waals surface area contributed by atoms with Crippen LogP contribution in [0, 0.1) is 6.92 Å². The standard InChI is InChI=1S/C11H18ClN3/c1-6-13-9-7(2)8(12)14-10(15-9)11(3,4)5/h6H2,1-5H3,(H,13,14,15). The van der Waals surface area contributed by atoms with Crippen LogP contribution in [0.1, 0.15) is 39.1 Å². The highest BCUT2D eigenvalue weighted by Crippen LogP contribution is 2.25. The molecule has 0 spiro atoms. The minimum Gasteiger partial charge on any atom is -0.370 e. The summed E-state index contributed by atoms with van der Waals surface area (Å²) in [6.45, 7) is 11.0. The minimum absolute atomic E-state index is 0.0818. The highest BCUT2D eigenvalue weighted by Gasteiger charge is 2.20. The third kappa shape index (κ3) is 2.81. The average Bonchev–Trinajstić information content (AvgIpc) is 2.11. The van der Waals surface area contributed by atoms with Gasteiger partial charge in [-0.3, -0.25) is 0 Å². The van der Waals surface area contributed by atoms with Gasteiger partial charge in [-0.15, -0.1) is 0 Å². The van der Waals surface area contributed by atoms with Gasteiger partial charge in [-0.05, 0) is 13.8 Å². The molecule has 0 bridgehead atoms. The van der Waals surface area contributed by atoms with Crippen molar-refractivity contribution in [2.24, 2.45) is 0 Å². The zero-order chi connectivity index (χ0) is 11.6. The zero-order valence-electron chi connectivity index (χ0n) is 9.98. The van der Waals surface area contributed by atoms with Crippen LogP contribution in [0.4, 0.5) is 5.82 Å². The molecule has 0 amide bonds. The van der Waals surface area contributed by atoms with Crippen molar-refractivity contribution in [1.82, 2.24) is 9.97 Å². The lowest BCUT2D eigenvalue weighted by Gasteiger charge is -2.19. The van der Waals surface area contributed by atoms with Crippen molar-refractivity contribution < 1.29 is 0 Å². The molecule has 1 aromatic heterocycles. The zero-order valence-corrected chi connectivity index (χ0v) is 10.7. The summed E-state index contributed by atoms with van der Waals surface area (Å²) in [5, 5.41) is 3.73. The summed E-state index contributed by atoms with van der Waals surface area (Å²) in [5.74, 6) is 1.61. The number of anilines is 1. The monoisotopic (exact) mass is 227 g/mol. The number of nitrogens with one attached hydrogen (secondary N) is 1. The quantitative estimate of drug-likeness (QED) is 0.789. The van der Waals surface area contributed by atoms with Gasteiger partial charge in [-0.1, -0.05) is 32.4 Å². The molecule has 1 N–H and O–H groups in total. The fourth-order valence-corrected chi connectivity index (χ4v) is 1.33. The van der Waals surface area contributed by atoms with Crippen molar-refractivity contribution in [3.63, 3.8) is 0 Å². The van der Waals surface area contributed by atoms with Crippen LogP contribution < -0.4 is 5.32 Å². The number of hydrogen-bond acceptors (Lipinski definition) is 3. The third-order valence-electron chi connectivity index (χ3n) is 2.10. The van der Waals surface area contributed by atoms with E-state index in [4.69, 9.17) is 11.6 Å². The summed E-state index contributed by atoms with van der Waals surface area (Å²) in [7, 11) is 0. The lowest BCUT2D eigenvalue weighted by Crippen LogP contribution is -2.18. The highest BCUT2D eigenvalue weighted by atomic mass is 35.5. The van der Waals surface area contributed by atoms with Crippen LogP contribution in [0.2, 0.25) is 5.15 Å². The Labute approximate surface area is 96.3 Å². The molecule has 0 aromatic carbocycles. The first-order valence-electron chi connectivity index (χ1n) is 5.14. The number of aromatic nitrogens is 2. The van der Waals surface area contributed by atoms with Crippen molar-refractivity contribution in [3.05, 3.63) is 16.5 Å². The Morgan fingerprint density at radius 2 is 1.87 bits per heavy atom. The summed E-state index contributed by atoms with van der Waals surface area (Å²) in [6.07, 6.45) is 0. The molecular formula is C11H18ClN3. The predicted molar refractivity (Wildman–Crippen MR) is 64.6 cm³/mol. The fourth-order valence-electron chi connectivity index (χ4n) is 1.16. The maximum absolute atomic E-state index is 6.07. The average molecular weight is 228 g/mol. The smallest absolute Gasteiger partial charge is 0.137 e. The molecule has 1 aromatic rings. The molecule has 1 rings (SSSR count). The Kier molecular flexibility index (Phi) is 3.55. The van der Waals surface area contributed by atoms with Crippen LogP contribution >= 0.6 is 11.6 Å². The second-order valence-electron chi connectivity index (χ2n) is 4.59. The van der Waals surface area contributed by atoms with Crippen molar-refractivity contribution >= 4 is 17.4 Å². The van der Waals surface area contributed by atoms with Gasteiger partial charge >= 0.3 is 0 Å². The second kappa shape index (κ2) is 4.35.